The van der Waals surface area contributed by atoms with Gasteiger partial charge in [0, 0.05) is 0 Å². The summed E-state index contributed by atoms with van der Waals surface area (Å²) < 4.78 is 0. The van der Waals surface area contributed by atoms with Crippen molar-refractivity contribution in [3.05, 3.63) is 0 Å². The first-order valence-corrected chi connectivity index (χ1v) is 5.15. The Hall–Kier alpha value is -0.0800. The summed E-state index contributed by atoms with van der Waals surface area (Å²) in [6.45, 7) is 0. The number of rotatable bonds is 0. The van der Waals surface area contributed by atoms with Crippen molar-refractivity contribution in [3.63, 3.8) is 0 Å². The summed E-state index contributed by atoms with van der Waals surface area (Å²) in [5.74, 6) is 0.810. The monoisotopic (exact) mass is 170 g/mol. The van der Waals surface area contributed by atoms with Crippen LogP contribution >= 0.6 is 0 Å². The van der Waals surface area contributed by atoms with E-state index in [4.69, 9.17) is 0 Å². The predicted octanol–water partition coefficient (Wildman–Crippen LogP) is 1.31. The van der Waals surface area contributed by atoms with Gasteiger partial charge in [0.15, 0.2) is 0 Å². The molecule has 2 N–H and O–H groups in total. The Kier molecular flexibility index (Phi) is 2.37. The van der Waals surface area contributed by atoms with Gasteiger partial charge in [0.2, 0.25) is 0 Å². The maximum atomic E-state index is 9.71. The molecule has 2 heteroatoms. The van der Waals surface area contributed by atoms with Crippen molar-refractivity contribution in [3.8, 4) is 0 Å². The Labute approximate surface area is 73.6 Å². The molecule has 2 aliphatic rings. The molecule has 0 amide bonds. The zero-order valence-corrected chi connectivity index (χ0v) is 7.45. The molecule has 0 aliphatic heterocycles. The van der Waals surface area contributed by atoms with Crippen LogP contribution in [0.15, 0.2) is 0 Å². The summed E-state index contributed by atoms with van der Waals surface area (Å²) in [5, 5.41) is 19.4. The molecule has 12 heavy (non-hydrogen) atoms. The van der Waals surface area contributed by atoms with Crippen molar-refractivity contribution in [2.45, 2.75) is 50.7 Å². The predicted molar refractivity (Wildman–Crippen MR) is 46.7 cm³/mol. The van der Waals surface area contributed by atoms with Gasteiger partial charge in [-0.15, -0.1) is 0 Å². The van der Waals surface area contributed by atoms with Crippen molar-refractivity contribution in [2.75, 3.05) is 0 Å². The third-order valence-corrected chi connectivity index (χ3v) is 3.61. The molecule has 0 unspecified atom stereocenters. The summed E-state index contributed by atoms with van der Waals surface area (Å²) in [5.41, 5.74) is 0. The molecule has 0 aromatic heterocycles. The number of hydrogen-bond donors (Lipinski definition) is 2. The first-order valence-electron chi connectivity index (χ1n) is 5.15. The molecule has 2 nitrogen and oxygen atoms in total. The summed E-state index contributed by atoms with van der Waals surface area (Å²) in [6.07, 6.45) is 6.10. The van der Waals surface area contributed by atoms with Crippen molar-refractivity contribution >= 4 is 0 Å². The van der Waals surface area contributed by atoms with E-state index in [1.807, 2.05) is 0 Å². The molecule has 4 atom stereocenters. The molecule has 2 saturated carbocycles. The Bertz CT molecular complexity index is 140. The van der Waals surface area contributed by atoms with Crippen molar-refractivity contribution in [1.29, 1.82) is 0 Å². The van der Waals surface area contributed by atoms with Crippen LogP contribution in [0.1, 0.15) is 38.5 Å². The van der Waals surface area contributed by atoms with Crippen LogP contribution in [0.25, 0.3) is 0 Å². The van der Waals surface area contributed by atoms with Gasteiger partial charge in [-0.3, -0.25) is 0 Å². The van der Waals surface area contributed by atoms with Gasteiger partial charge >= 0.3 is 0 Å². The number of aliphatic hydroxyl groups is 2. The fourth-order valence-corrected chi connectivity index (χ4v) is 2.94. The zero-order valence-electron chi connectivity index (χ0n) is 7.45. The summed E-state index contributed by atoms with van der Waals surface area (Å²) in [4.78, 5) is 0. The molecular formula is C10H18O2. The Morgan fingerprint density at radius 2 is 1.08 bits per heavy atom. The smallest absolute Gasteiger partial charge is 0.0572 e. The first kappa shape index (κ1) is 8.52. The zero-order chi connectivity index (χ0) is 8.55. The average molecular weight is 170 g/mol. The van der Waals surface area contributed by atoms with E-state index in [9.17, 15) is 10.2 Å². The summed E-state index contributed by atoms with van der Waals surface area (Å²) >= 11 is 0. The van der Waals surface area contributed by atoms with E-state index in [2.05, 4.69) is 0 Å². The molecule has 0 radical (unpaired) electrons. The van der Waals surface area contributed by atoms with Crippen LogP contribution in [0.3, 0.4) is 0 Å². The lowest BCUT2D eigenvalue weighted by atomic mass is 9.68. The van der Waals surface area contributed by atoms with Crippen LogP contribution in [0, 0.1) is 11.8 Å². The van der Waals surface area contributed by atoms with Gasteiger partial charge < -0.3 is 10.2 Å². The standard InChI is InChI=1S/C10H18O2/c11-9-5-1-3-7-8(9)4-2-6-10(7)12/h7-12H,1-6H2/t7-,8-,9+,10+/m0/s1. The minimum absolute atomic E-state index is 0.126. The lowest BCUT2D eigenvalue weighted by molar-refractivity contribution is -0.0529. The van der Waals surface area contributed by atoms with E-state index < -0.39 is 0 Å². The Balaban J connectivity index is 2.05. The SMILES string of the molecule is O[C@@H]1CCC[C@H]2[C@@H]1CCC[C@H]2O. The largest absolute Gasteiger partial charge is 0.393 e. The van der Waals surface area contributed by atoms with Gasteiger partial charge in [0.25, 0.3) is 0 Å². The van der Waals surface area contributed by atoms with Crippen LogP contribution in [-0.2, 0) is 0 Å². The van der Waals surface area contributed by atoms with E-state index in [1.165, 1.54) is 0 Å². The maximum Gasteiger partial charge on any atom is 0.0572 e. The van der Waals surface area contributed by atoms with Crippen molar-refractivity contribution in [2.24, 2.45) is 11.8 Å². The topological polar surface area (TPSA) is 40.5 Å². The molecule has 0 aromatic carbocycles. The maximum absolute atomic E-state index is 9.71. The van der Waals surface area contributed by atoms with Crippen LogP contribution in [-0.4, -0.2) is 22.4 Å². The van der Waals surface area contributed by atoms with Gasteiger partial charge in [0.1, 0.15) is 0 Å². The van der Waals surface area contributed by atoms with Crippen LogP contribution in [0.4, 0.5) is 0 Å². The van der Waals surface area contributed by atoms with Crippen LogP contribution in [0.5, 0.6) is 0 Å². The highest BCUT2D eigenvalue weighted by molar-refractivity contribution is 4.89. The van der Waals surface area contributed by atoms with Gasteiger partial charge in [-0.1, -0.05) is 12.8 Å². The lowest BCUT2D eigenvalue weighted by Crippen LogP contribution is -2.41. The molecule has 2 fully saturated rings. The highest BCUT2D eigenvalue weighted by Gasteiger charge is 2.38. The number of aliphatic hydroxyl groups excluding tert-OH is 2. The van der Waals surface area contributed by atoms with Gasteiger partial charge in [-0.2, -0.15) is 0 Å². The molecule has 0 bridgehead atoms. The normalized spacial score (nSPS) is 48.5. The number of hydrogen-bond acceptors (Lipinski definition) is 2. The first-order chi connectivity index (χ1) is 5.79. The van der Waals surface area contributed by atoms with E-state index in [0.717, 1.165) is 38.5 Å². The van der Waals surface area contributed by atoms with E-state index in [0.29, 0.717) is 11.8 Å². The highest BCUT2D eigenvalue weighted by Crippen LogP contribution is 2.40. The van der Waals surface area contributed by atoms with Crippen molar-refractivity contribution in [1.82, 2.24) is 0 Å². The second kappa shape index (κ2) is 3.35. The van der Waals surface area contributed by atoms with Crippen molar-refractivity contribution < 1.29 is 10.2 Å². The third-order valence-electron chi connectivity index (χ3n) is 3.61. The van der Waals surface area contributed by atoms with Gasteiger partial charge in [-0.25, -0.2) is 0 Å². The fourth-order valence-electron chi connectivity index (χ4n) is 2.94. The number of fused-ring (bicyclic) bond motifs is 1. The molecule has 0 aromatic rings. The molecule has 0 saturated heterocycles. The van der Waals surface area contributed by atoms with Crippen LogP contribution in [0.2, 0.25) is 0 Å². The highest BCUT2D eigenvalue weighted by atomic mass is 16.3. The molecular weight excluding hydrogens is 152 g/mol. The van der Waals surface area contributed by atoms with E-state index in [1.54, 1.807) is 0 Å². The quantitative estimate of drug-likeness (QED) is 0.575. The molecule has 0 spiro atoms. The lowest BCUT2D eigenvalue weighted by Gasteiger charge is -2.41. The molecule has 2 aliphatic carbocycles. The van der Waals surface area contributed by atoms with Gasteiger partial charge in [0.05, 0.1) is 12.2 Å². The second-order valence-electron chi connectivity index (χ2n) is 4.32. The molecule has 0 heterocycles. The van der Waals surface area contributed by atoms with Crippen LogP contribution < -0.4 is 0 Å². The Morgan fingerprint density at radius 1 is 0.667 bits per heavy atom. The minimum atomic E-state index is -0.126. The third kappa shape index (κ3) is 1.38. The van der Waals surface area contributed by atoms with E-state index in [-0.39, 0.29) is 12.2 Å². The van der Waals surface area contributed by atoms with Gasteiger partial charge in [-0.05, 0) is 37.5 Å². The summed E-state index contributed by atoms with van der Waals surface area (Å²) in [7, 11) is 0. The second-order valence-corrected chi connectivity index (χ2v) is 4.32. The molecule has 2 rings (SSSR count). The van der Waals surface area contributed by atoms with E-state index >= 15 is 0 Å². The minimum Gasteiger partial charge on any atom is -0.393 e. The molecule has 70 valence electrons. The average Bonchev–Trinajstić information content (AvgIpc) is 2.07. The Morgan fingerprint density at radius 3 is 1.50 bits per heavy atom. The fraction of sp³-hybridized carbons (Fsp3) is 1.00. The summed E-state index contributed by atoms with van der Waals surface area (Å²) in [6, 6.07) is 0.